The number of hydrogen-bond donors (Lipinski definition) is 2. The Morgan fingerprint density at radius 3 is 2.50 bits per heavy atom. The Kier molecular flexibility index (Phi) is 2.78. The van der Waals surface area contributed by atoms with E-state index >= 15 is 0 Å². The molecular formula is C12H17NO3. The smallest absolute Gasteiger partial charge is 0.165 e. The number of aliphatic hydroxyl groups is 1. The van der Waals surface area contributed by atoms with Crippen LogP contribution in [0.2, 0.25) is 0 Å². The fourth-order valence-corrected chi connectivity index (χ4v) is 2.28. The van der Waals surface area contributed by atoms with Crippen LogP contribution in [0, 0.1) is 0 Å². The van der Waals surface area contributed by atoms with Crippen LogP contribution in [0.4, 0.5) is 0 Å². The van der Waals surface area contributed by atoms with Gasteiger partial charge >= 0.3 is 0 Å². The molecule has 0 bridgehead atoms. The van der Waals surface area contributed by atoms with E-state index in [9.17, 15) is 5.11 Å². The molecule has 3 N–H and O–H groups in total. The van der Waals surface area contributed by atoms with Crippen molar-refractivity contribution in [1.29, 1.82) is 0 Å². The zero-order chi connectivity index (χ0) is 11.8. The lowest BCUT2D eigenvalue weighted by atomic mass is 9.70. The summed E-state index contributed by atoms with van der Waals surface area (Å²) in [5.74, 6) is 1.34. The van der Waals surface area contributed by atoms with E-state index in [2.05, 4.69) is 0 Å². The zero-order valence-corrected chi connectivity index (χ0v) is 9.56. The van der Waals surface area contributed by atoms with Gasteiger partial charge in [0.05, 0.1) is 20.3 Å². The van der Waals surface area contributed by atoms with Crippen LogP contribution >= 0.6 is 0 Å². The maximum absolute atomic E-state index is 9.38. The first-order chi connectivity index (χ1) is 7.60. The van der Waals surface area contributed by atoms with Gasteiger partial charge in [0, 0.05) is 11.1 Å². The molecule has 1 fully saturated rings. The fraction of sp³-hybridized carbons (Fsp3) is 0.500. The van der Waals surface area contributed by atoms with Crippen LogP contribution in [0.25, 0.3) is 0 Å². The molecule has 0 heterocycles. The summed E-state index contributed by atoms with van der Waals surface area (Å²) in [5.41, 5.74) is 6.63. The molecule has 0 saturated heterocycles. The molecular weight excluding hydrogens is 206 g/mol. The van der Waals surface area contributed by atoms with Crippen molar-refractivity contribution in [3.05, 3.63) is 23.8 Å². The molecule has 0 spiro atoms. The number of aliphatic hydroxyl groups excluding tert-OH is 1. The third-order valence-electron chi connectivity index (χ3n) is 3.14. The number of para-hydroxylation sites is 1. The van der Waals surface area contributed by atoms with E-state index in [1.54, 1.807) is 14.2 Å². The summed E-state index contributed by atoms with van der Waals surface area (Å²) in [6.45, 7) is 0. The highest BCUT2D eigenvalue weighted by Crippen LogP contribution is 2.45. The van der Waals surface area contributed by atoms with Gasteiger partial charge in [-0.05, 0) is 18.9 Å². The minimum Gasteiger partial charge on any atom is -0.493 e. The zero-order valence-electron chi connectivity index (χ0n) is 9.56. The summed E-state index contributed by atoms with van der Waals surface area (Å²) in [5, 5.41) is 9.38. The monoisotopic (exact) mass is 223 g/mol. The largest absolute Gasteiger partial charge is 0.493 e. The molecule has 0 amide bonds. The van der Waals surface area contributed by atoms with Crippen LogP contribution in [-0.4, -0.2) is 25.4 Å². The molecule has 0 radical (unpaired) electrons. The standard InChI is InChI=1S/C12H17NO3/c1-15-10-5-3-4-9(11(10)16-2)12(13)6-8(14)7-12/h3-5,8,14H,6-7,13H2,1-2H3. The topological polar surface area (TPSA) is 64.7 Å². The summed E-state index contributed by atoms with van der Waals surface area (Å²) in [7, 11) is 3.19. The van der Waals surface area contributed by atoms with Gasteiger partial charge in [-0.25, -0.2) is 0 Å². The average Bonchev–Trinajstić information content (AvgIpc) is 2.25. The number of methoxy groups -OCH3 is 2. The van der Waals surface area contributed by atoms with Crippen molar-refractivity contribution in [2.24, 2.45) is 5.73 Å². The highest BCUT2D eigenvalue weighted by Gasteiger charge is 2.43. The minimum absolute atomic E-state index is 0.305. The molecule has 1 aromatic carbocycles. The minimum atomic E-state index is -0.487. The molecule has 0 aromatic heterocycles. The second kappa shape index (κ2) is 3.96. The molecule has 1 saturated carbocycles. The Morgan fingerprint density at radius 2 is 2.00 bits per heavy atom. The Labute approximate surface area is 95.0 Å². The van der Waals surface area contributed by atoms with Crippen molar-refractivity contribution in [3.8, 4) is 11.5 Å². The van der Waals surface area contributed by atoms with Gasteiger partial charge in [0.15, 0.2) is 11.5 Å². The van der Waals surface area contributed by atoms with Gasteiger partial charge in [-0.15, -0.1) is 0 Å². The lowest BCUT2D eigenvalue weighted by Crippen LogP contribution is -2.51. The van der Waals surface area contributed by atoms with Crippen molar-refractivity contribution in [2.75, 3.05) is 14.2 Å². The van der Waals surface area contributed by atoms with E-state index in [1.165, 1.54) is 0 Å². The van der Waals surface area contributed by atoms with Gasteiger partial charge in [0.2, 0.25) is 0 Å². The second-order valence-corrected chi connectivity index (χ2v) is 4.26. The van der Waals surface area contributed by atoms with E-state index in [1.807, 2.05) is 18.2 Å². The van der Waals surface area contributed by atoms with Crippen LogP contribution in [0.5, 0.6) is 11.5 Å². The molecule has 4 heteroatoms. The van der Waals surface area contributed by atoms with Crippen LogP contribution in [0.1, 0.15) is 18.4 Å². The number of rotatable bonds is 3. The molecule has 16 heavy (non-hydrogen) atoms. The number of ether oxygens (including phenoxy) is 2. The highest BCUT2D eigenvalue weighted by molar-refractivity contribution is 5.50. The Hall–Kier alpha value is -1.26. The Morgan fingerprint density at radius 1 is 1.31 bits per heavy atom. The van der Waals surface area contributed by atoms with E-state index in [0.29, 0.717) is 24.3 Å². The first kappa shape index (κ1) is 11.2. The van der Waals surface area contributed by atoms with Gasteiger partial charge in [-0.2, -0.15) is 0 Å². The SMILES string of the molecule is COc1cccc(C2(N)CC(O)C2)c1OC. The molecule has 1 aliphatic rings. The molecule has 4 nitrogen and oxygen atoms in total. The van der Waals surface area contributed by atoms with Gasteiger partial charge in [0.25, 0.3) is 0 Å². The second-order valence-electron chi connectivity index (χ2n) is 4.26. The summed E-state index contributed by atoms with van der Waals surface area (Å²) in [4.78, 5) is 0. The van der Waals surface area contributed by atoms with Gasteiger partial charge in [-0.3, -0.25) is 0 Å². The maximum atomic E-state index is 9.38. The Balaban J connectivity index is 2.40. The number of nitrogens with two attached hydrogens (primary N) is 1. The first-order valence-electron chi connectivity index (χ1n) is 5.29. The highest BCUT2D eigenvalue weighted by atomic mass is 16.5. The predicted molar refractivity (Wildman–Crippen MR) is 60.7 cm³/mol. The fourth-order valence-electron chi connectivity index (χ4n) is 2.28. The molecule has 1 aliphatic carbocycles. The van der Waals surface area contributed by atoms with E-state index < -0.39 is 5.54 Å². The van der Waals surface area contributed by atoms with Gasteiger partial charge in [0.1, 0.15) is 0 Å². The summed E-state index contributed by atoms with van der Waals surface area (Å²) < 4.78 is 10.6. The summed E-state index contributed by atoms with van der Waals surface area (Å²) in [6, 6.07) is 5.64. The van der Waals surface area contributed by atoms with Crippen molar-refractivity contribution in [2.45, 2.75) is 24.5 Å². The predicted octanol–water partition coefficient (Wildman–Crippen LogP) is 1.01. The number of benzene rings is 1. The first-order valence-corrected chi connectivity index (χ1v) is 5.29. The molecule has 0 unspecified atom stereocenters. The van der Waals surface area contributed by atoms with Crippen molar-refractivity contribution in [1.82, 2.24) is 0 Å². The van der Waals surface area contributed by atoms with Crippen molar-refractivity contribution in [3.63, 3.8) is 0 Å². The lowest BCUT2D eigenvalue weighted by Gasteiger charge is -2.43. The molecule has 1 aromatic rings. The normalized spacial score (nSPS) is 28.4. The molecule has 0 atom stereocenters. The van der Waals surface area contributed by atoms with Crippen LogP contribution in [0.15, 0.2) is 18.2 Å². The number of hydrogen-bond acceptors (Lipinski definition) is 4. The lowest BCUT2D eigenvalue weighted by molar-refractivity contribution is 0.0197. The maximum Gasteiger partial charge on any atom is 0.165 e. The molecule has 2 rings (SSSR count). The molecule has 88 valence electrons. The van der Waals surface area contributed by atoms with E-state index in [-0.39, 0.29) is 6.10 Å². The quantitative estimate of drug-likeness (QED) is 0.802. The summed E-state index contributed by atoms with van der Waals surface area (Å²) >= 11 is 0. The van der Waals surface area contributed by atoms with E-state index in [4.69, 9.17) is 15.2 Å². The average molecular weight is 223 g/mol. The van der Waals surface area contributed by atoms with Crippen LogP contribution in [0.3, 0.4) is 0 Å². The van der Waals surface area contributed by atoms with Gasteiger partial charge in [-0.1, -0.05) is 12.1 Å². The Bertz CT molecular complexity index is 386. The van der Waals surface area contributed by atoms with Gasteiger partial charge < -0.3 is 20.3 Å². The molecule has 0 aliphatic heterocycles. The van der Waals surface area contributed by atoms with Crippen molar-refractivity contribution >= 4 is 0 Å². The third kappa shape index (κ3) is 1.64. The van der Waals surface area contributed by atoms with Crippen LogP contribution in [-0.2, 0) is 5.54 Å². The summed E-state index contributed by atoms with van der Waals surface area (Å²) in [6.07, 6.45) is 0.827. The third-order valence-corrected chi connectivity index (χ3v) is 3.14. The van der Waals surface area contributed by atoms with Crippen molar-refractivity contribution < 1.29 is 14.6 Å². The van der Waals surface area contributed by atoms with E-state index in [0.717, 1.165) is 5.56 Å². The van der Waals surface area contributed by atoms with Crippen LogP contribution < -0.4 is 15.2 Å².